The molecule has 0 radical (unpaired) electrons. The number of likely N-dealkylation sites (N-methyl/N-ethyl adjacent to an activating group) is 1. The largest absolute Gasteiger partial charge is 0.510 e. The van der Waals surface area contributed by atoms with Crippen molar-refractivity contribution in [2.24, 2.45) is 17.6 Å². The number of benzene rings is 1. The van der Waals surface area contributed by atoms with E-state index in [1.54, 1.807) is 14.1 Å². The van der Waals surface area contributed by atoms with Crippen LogP contribution >= 0.6 is 15.9 Å². The zero-order chi connectivity index (χ0) is 23.9. The van der Waals surface area contributed by atoms with Gasteiger partial charge < -0.3 is 31.9 Å². The molecule has 0 spiro atoms. The highest BCUT2D eigenvalue weighted by atomic mass is 79.9. The lowest BCUT2D eigenvalue weighted by atomic mass is 9.58. The van der Waals surface area contributed by atoms with Gasteiger partial charge in [0, 0.05) is 16.0 Å². The van der Waals surface area contributed by atoms with E-state index in [2.05, 4.69) is 15.9 Å². The lowest BCUT2D eigenvalue weighted by molar-refractivity contribution is -0.148. The molecule has 0 saturated heterocycles. The van der Waals surface area contributed by atoms with Crippen LogP contribution in [0.4, 0.5) is 5.69 Å². The molecule has 0 saturated carbocycles. The first kappa shape index (κ1) is 22.3. The second-order valence-electron chi connectivity index (χ2n) is 8.61. The van der Waals surface area contributed by atoms with Crippen LogP contribution in [0.5, 0.6) is 5.75 Å². The van der Waals surface area contributed by atoms with Crippen LogP contribution in [0.3, 0.4) is 0 Å². The molecular formula is C21H22BrN3O7. The Morgan fingerprint density at radius 1 is 1.25 bits per heavy atom. The van der Waals surface area contributed by atoms with Crippen LogP contribution in [0.25, 0.3) is 0 Å². The predicted molar refractivity (Wildman–Crippen MR) is 116 cm³/mol. The van der Waals surface area contributed by atoms with Gasteiger partial charge in [0.1, 0.15) is 22.8 Å². The molecule has 170 valence electrons. The number of nitrogens with zero attached hydrogens (tertiary/aromatic N) is 1. The summed E-state index contributed by atoms with van der Waals surface area (Å²) in [7, 11) is 3.15. The number of ketones is 2. The minimum atomic E-state index is -2.66. The zero-order valence-corrected chi connectivity index (χ0v) is 18.8. The number of nitrogen functional groups attached to an aromatic ring is 1. The third kappa shape index (κ3) is 2.68. The van der Waals surface area contributed by atoms with E-state index in [0.29, 0.717) is 10.0 Å². The van der Waals surface area contributed by atoms with Crippen molar-refractivity contribution < 1.29 is 34.8 Å². The number of primary amides is 1. The summed E-state index contributed by atoms with van der Waals surface area (Å²) >= 11 is 3.35. The summed E-state index contributed by atoms with van der Waals surface area (Å²) in [6.45, 7) is 0. The van der Waals surface area contributed by atoms with Crippen molar-refractivity contribution in [3.8, 4) is 5.75 Å². The number of phenolic OH excluding ortho intramolecular Hbond substituents is 1. The number of rotatable bonds is 2. The molecule has 0 heterocycles. The van der Waals surface area contributed by atoms with Crippen LogP contribution < -0.4 is 11.5 Å². The van der Waals surface area contributed by atoms with Gasteiger partial charge in [-0.25, -0.2) is 0 Å². The van der Waals surface area contributed by atoms with Crippen molar-refractivity contribution in [1.29, 1.82) is 0 Å². The van der Waals surface area contributed by atoms with Crippen LogP contribution in [0.2, 0.25) is 0 Å². The molecule has 32 heavy (non-hydrogen) atoms. The van der Waals surface area contributed by atoms with Gasteiger partial charge in [0.2, 0.25) is 5.78 Å². The zero-order valence-electron chi connectivity index (χ0n) is 17.2. The maximum atomic E-state index is 13.4. The number of Topliss-reactive ketones (excluding diaryl/α,β-unsaturated/α-hetero) is 2. The molecule has 0 aliphatic heterocycles. The van der Waals surface area contributed by atoms with Gasteiger partial charge in [-0.2, -0.15) is 0 Å². The van der Waals surface area contributed by atoms with E-state index in [4.69, 9.17) is 11.5 Å². The number of anilines is 1. The fourth-order valence-corrected chi connectivity index (χ4v) is 5.90. The number of phenols is 1. The Bertz CT molecular complexity index is 1170. The van der Waals surface area contributed by atoms with Gasteiger partial charge in [-0.05, 0) is 44.5 Å². The fraction of sp³-hybridized carbons (Fsp3) is 0.381. The highest BCUT2D eigenvalue weighted by molar-refractivity contribution is 9.10. The molecule has 1 aromatic carbocycles. The molecule has 11 heteroatoms. The lowest BCUT2D eigenvalue weighted by Crippen LogP contribution is -2.63. The van der Waals surface area contributed by atoms with Gasteiger partial charge in [-0.15, -0.1) is 0 Å². The number of allylic oxidation sites excluding steroid dienone is 1. The number of hydrogen-bond acceptors (Lipinski definition) is 9. The summed E-state index contributed by atoms with van der Waals surface area (Å²) in [5.74, 6) is -6.97. The maximum Gasteiger partial charge on any atom is 0.255 e. The van der Waals surface area contributed by atoms with Crippen molar-refractivity contribution in [2.45, 2.75) is 24.5 Å². The highest BCUT2D eigenvalue weighted by Crippen LogP contribution is 2.53. The number of fused-ring (bicyclic) bond motifs is 3. The van der Waals surface area contributed by atoms with E-state index in [1.807, 2.05) is 0 Å². The first-order valence-corrected chi connectivity index (χ1v) is 10.6. The van der Waals surface area contributed by atoms with E-state index in [1.165, 1.54) is 11.0 Å². The van der Waals surface area contributed by atoms with E-state index in [9.17, 15) is 34.8 Å². The van der Waals surface area contributed by atoms with Crippen LogP contribution in [0.1, 0.15) is 22.3 Å². The summed E-state index contributed by atoms with van der Waals surface area (Å²) in [5, 5.41) is 43.7. The molecule has 8 N–H and O–H groups in total. The van der Waals surface area contributed by atoms with Crippen molar-refractivity contribution in [1.82, 2.24) is 4.90 Å². The number of aliphatic hydroxyl groups is 3. The molecule has 10 nitrogen and oxygen atoms in total. The summed E-state index contributed by atoms with van der Waals surface area (Å²) in [6, 6.07) is 0.444. The average Bonchev–Trinajstić information content (AvgIpc) is 2.68. The van der Waals surface area contributed by atoms with Gasteiger partial charge in [-0.3, -0.25) is 19.3 Å². The lowest BCUT2D eigenvalue weighted by Gasteiger charge is -2.50. The second kappa shape index (κ2) is 7.06. The Balaban J connectivity index is 1.99. The number of aromatic hydroxyl groups is 1. The third-order valence-electron chi connectivity index (χ3n) is 6.70. The van der Waals surface area contributed by atoms with E-state index in [0.717, 1.165) is 0 Å². The Morgan fingerprint density at radius 3 is 2.44 bits per heavy atom. The molecule has 0 bridgehead atoms. The average molecular weight is 508 g/mol. The van der Waals surface area contributed by atoms with Gasteiger partial charge in [0.15, 0.2) is 11.4 Å². The normalized spacial score (nSPS) is 29.7. The van der Waals surface area contributed by atoms with Crippen molar-refractivity contribution in [2.75, 3.05) is 19.8 Å². The maximum absolute atomic E-state index is 13.4. The number of nitrogens with two attached hydrogens (primary N) is 2. The Morgan fingerprint density at radius 2 is 1.88 bits per heavy atom. The third-order valence-corrected chi connectivity index (χ3v) is 7.41. The standard InChI is InChI=1S/C21H22BrN3O7/c1-25(2)14-8-4-6-3-7-9(22)5-10(23)15(26)12(7)16(27)11(6)18(29)21(8,32)19(30)13(17(14)28)20(24)31/h5-6,8,14,26,28-29,32H,3-4,23H2,1-2H3,(H2,24,31)/t6-,8-,14-,21-/m0/s1. The molecule has 1 aromatic rings. The van der Waals surface area contributed by atoms with Gasteiger partial charge >= 0.3 is 0 Å². The summed E-state index contributed by atoms with van der Waals surface area (Å²) in [4.78, 5) is 39.9. The molecule has 4 atom stereocenters. The Labute approximate surface area is 190 Å². The van der Waals surface area contributed by atoms with Gasteiger partial charge in [-0.1, -0.05) is 15.9 Å². The summed E-state index contributed by atoms with van der Waals surface area (Å²) in [5.41, 5.74) is 7.65. The quantitative estimate of drug-likeness (QED) is 0.187. The molecule has 4 rings (SSSR count). The molecule has 0 fully saturated rings. The van der Waals surface area contributed by atoms with Crippen molar-refractivity contribution in [3.63, 3.8) is 0 Å². The molecule has 0 aromatic heterocycles. The Kier molecular flexibility index (Phi) is 4.92. The van der Waals surface area contributed by atoms with Crippen LogP contribution in [0.15, 0.2) is 33.2 Å². The molecular weight excluding hydrogens is 486 g/mol. The SMILES string of the molecule is CN(C)[C@@H]1C(O)=C(C(N)=O)C(=O)[C@@]2(O)C(O)=C3C(=O)c4c(O)c(N)cc(Br)c4C[C@H]3C[C@@H]12. The number of amides is 1. The van der Waals surface area contributed by atoms with Crippen LogP contribution in [-0.2, 0) is 16.0 Å². The summed E-state index contributed by atoms with van der Waals surface area (Å²) in [6.07, 6.45) is 0.228. The molecule has 3 aliphatic carbocycles. The number of hydrogen-bond donors (Lipinski definition) is 6. The van der Waals surface area contributed by atoms with Crippen molar-refractivity contribution >= 4 is 39.1 Å². The second-order valence-corrected chi connectivity index (χ2v) is 9.47. The van der Waals surface area contributed by atoms with Crippen LogP contribution in [-0.4, -0.2) is 68.5 Å². The number of aliphatic hydroxyl groups excluding tert-OH is 2. The summed E-state index contributed by atoms with van der Waals surface area (Å²) < 4.78 is 0.498. The van der Waals surface area contributed by atoms with Crippen molar-refractivity contribution in [3.05, 3.63) is 44.3 Å². The minimum Gasteiger partial charge on any atom is -0.510 e. The number of halogens is 1. The minimum absolute atomic E-state index is 0.0311. The molecule has 0 unspecified atom stereocenters. The molecule has 3 aliphatic rings. The van der Waals surface area contributed by atoms with Gasteiger partial charge in [0.25, 0.3) is 5.91 Å². The topological polar surface area (TPSA) is 187 Å². The first-order valence-electron chi connectivity index (χ1n) is 9.78. The van der Waals surface area contributed by atoms with E-state index in [-0.39, 0.29) is 29.7 Å². The Hall–Kier alpha value is -2.89. The molecule has 1 amide bonds. The predicted octanol–water partition coefficient (Wildman–Crippen LogP) is 0.465. The van der Waals surface area contributed by atoms with Crippen LogP contribution in [0, 0.1) is 11.8 Å². The highest BCUT2D eigenvalue weighted by Gasteiger charge is 2.63. The van der Waals surface area contributed by atoms with Gasteiger partial charge in [0.05, 0.1) is 17.3 Å². The number of carbonyl (C=O) groups is 3. The number of carbonyl (C=O) groups excluding carboxylic acids is 3. The smallest absolute Gasteiger partial charge is 0.255 e. The van der Waals surface area contributed by atoms with E-state index >= 15 is 0 Å². The first-order chi connectivity index (χ1) is 14.8. The fourth-order valence-electron chi connectivity index (χ4n) is 5.29. The monoisotopic (exact) mass is 507 g/mol. The van der Waals surface area contributed by atoms with E-state index < -0.39 is 63.8 Å².